The van der Waals surface area contributed by atoms with Gasteiger partial charge in [0.15, 0.2) is 0 Å². The zero-order valence-corrected chi connectivity index (χ0v) is 38.6. The Balaban J connectivity index is 0.848. The molecule has 0 bridgehead atoms. The predicted octanol–water partition coefficient (Wildman–Crippen LogP) is 8.48. The molecule has 4 aromatic carbocycles. The molecule has 1 unspecified atom stereocenters. The Morgan fingerprint density at radius 2 is 1.64 bits per heavy atom. The van der Waals surface area contributed by atoms with Gasteiger partial charge in [-0.1, -0.05) is 91.9 Å². The number of fused-ring (bicyclic) bond motifs is 4. The van der Waals surface area contributed by atoms with Crippen LogP contribution in [0.25, 0.3) is 6.08 Å². The van der Waals surface area contributed by atoms with Crippen molar-refractivity contribution in [3.8, 4) is 0 Å². The summed E-state index contributed by atoms with van der Waals surface area (Å²) in [7, 11) is 0. The number of nitrogens with zero attached hydrogens (tertiary/aromatic N) is 3. The molecule has 0 aromatic heterocycles. The zero-order valence-electron chi connectivity index (χ0n) is 37.1. The molecule has 67 heavy (non-hydrogen) atoms. The number of hydrogen-bond acceptors (Lipinski definition) is 7. The highest BCUT2D eigenvalue weighted by Gasteiger charge is 2.75. The number of likely N-dealkylation sites (N-methyl/N-ethyl adjacent to an activating group) is 1. The summed E-state index contributed by atoms with van der Waals surface area (Å²) in [4.78, 5) is 86.9. The Morgan fingerprint density at radius 3 is 2.37 bits per heavy atom. The minimum atomic E-state index is -1.35. The number of hydrogen-bond donors (Lipinski definition) is 3. The van der Waals surface area contributed by atoms with Gasteiger partial charge in [0, 0.05) is 65.0 Å². The second kappa shape index (κ2) is 17.6. The molecule has 10 rings (SSSR count). The number of piperidine rings is 2. The van der Waals surface area contributed by atoms with Crippen LogP contribution in [0.3, 0.4) is 0 Å². The lowest BCUT2D eigenvalue weighted by atomic mass is 9.55. The summed E-state index contributed by atoms with van der Waals surface area (Å²) >= 11 is 12.9. The smallest absolute Gasteiger partial charge is 0.255 e. The van der Waals surface area contributed by atoms with Crippen LogP contribution in [-0.4, -0.2) is 87.4 Å². The van der Waals surface area contributed by atoms with Gasteiger partial charge < -0.3 is 20.4 Å². The monoisotopic (exact) mass is 944 g/mol. The molecule has 3 saturated heterocycles. The van der Waals surface area contributed by atoms with Crippen molar-refractivity contribution in [2.75, 3.05) is 30.3 Å². The van der Waals surface area contributed by atoms with Crippen LogP contribution in [0.1, 0.15) is 114 Å². The van der Waals surface area contributed by atoms with Crippen LogP contribution >= 0.6 is 23.2 Å². The van der Waals surface area contributed by atoms with Crippen LogP contribution < -0.4 is 16.0 Å². The molecule has 4 atom stereocenters. The van der Waals surface area contributed by atoms with Gasteiger partial charge in [0.25, 0.3) is 11.8 Å². The van der Waals surface area contributed by atoms with Gasteiger partial charge in [0.2, 0.25) is 23.6 Å². The fourth-order valence-corrected chi connectivity index (χ4v) is 12.8. The zero-order chi connectivity index (χ0) is 46.8. The Morgan fingerprint density at radius 1 is 0.896 bits per heavy atom. The van der Waals surface area contributed by atoms with Gasteiger partial charge in [-0.2, -0.15) is 0 Å². The van der Waals surface area contributed by atoms with Gasteiger partial charge in [-0.05, 0) is 115 Å². The van der Waals surface area contributed by atoms with E-state index in [-0.39, 0.29) is 46.6 Å². The summed E-state index contributed by atoms with van der Waals surface area (Å²) in [5, 5.41) is 8.92. The number of imide groups is 1. The van der Waals surface area contributed by atoms with Crippen molar-refractivity contribution in [3.05, 3.63) is 134 Å². The summed E-state index contributed by atoms with van der Waals surface area (Å²) in [6.45, 7) is 3.79. The van der Waals surface area contributed by atoms with Gasteiger partial charge in [0.05, 0.1) is 11.1 Å². The van der Waals surface area contributed by atoms with Gasteiger partial charge in [-0.25, -0.2) is 4.39 Å². The summed E-state index contributed by atoms with van der Waals surface area (Å²) in [6, 6.07) is 20.8. The number of nitrogens with one attached hydrogen (secondary N) is 3. The SMILES string of the molecule is CCN1[C@@H](C(=O)Nc2ccc(C(=O)N3CCC(/C=C\c4cccc5c4CN(C4CCC(=O)NC4=O)C5=O)CC3)cc2)[C@H](c2cccc(Cl)c2F)[C@]2(C(=O)Nc3cc(Cl)ccc32)C12CCCCC2. The molecule has 0 radical (unpaired) electrons. The highest BCUT2D eigenvalue weighted by Crippen LogP contribution is 2.66. The molecule has 2 spiro atoms. The van der Waals surface area contributed by atoms with E-state index in [0.717, 1.165) is 43.2 Å². The average Bonchev–Trinajstić information content (AvgIpc) is 3.91. The average molecular weight is 946 g/mol. The second-order valence-corrected chi connectivity index (χ2v) is 19.6. The molecule has 1 aliphatic carbocycles. The minimum Gasteiger partial charge on any atom is -0.339 e. The van der Waals surface area contributed by atoms with Gasteiger partial charge >= 0.3 is 0 Å². The molecular weight excluding hydrogens is 895 g/mol. The Labute approximate surface area is 398 Å². The highest BCUT2D eigenvalue weighted by molar-refractivity contribution is 6.31. The lowest BCUT2D eigenvalue weighted by Gasteiger charge is -2.50. The second-order valence-electron chi connectivity index (χ2n) is 18.7. The van der Waals surface area contributed by atoms with Crippen LogP contribution in [0.15, 0.2) is 84.9 Å². The Bertz CT molecular complexity index is 2750. The molecule has 4 fully saturated rings. The molecule has 6 amide bonds. The fourth-order valence-electron chi connectivity index (χ4n) is 12.4. The summed E-state index contributed by atoms with van der Waals surface area (Å²) in [5.74, 6) is -3.19. The molecule has 15 heteroatoms. The van der Waals surface area contributed by atoms with Crippen LogP contribution in [0.4, 0.5) is 15.8 Å². The van der Waals surface area contributed by atoms with E-state index in [2.05, 4.69) is 26.9 Å². The molecule has 6 aliphatic rings. The third-order valence-corrected chi connectivity index (χ3v) is 15.9. The van der Waals surface area contributed by atoms with Crippen LogP contribution in [0, 0.1) is 11.7 Å². The van der Waals surface area contributed by atoms with E-state index in [1.54, 1.807) is 59.5 Å². The summed E-state index contributed by atoms with van der Waals surface area (Å²) < 4.78 is 16.5. The first-order chi connectivity index (χ1) is 32.4. The van der Waals surface area contributed by atoms with Gasteiger partial charge in [-0.15, -0.1) is 0 Å². The molecule has 4 aromatic rings. The molecule has 5 aliphatic heterocycles. The first kappa shape index (κ1) is 44.9. The quantitative estimate of drug-likeness (QED) is 0.150. The molecule has 1 saturated carbocycles. The van der Waals surface area contributed by atoms with Crippen molar-refractivity contribution >= 4 is 76.1 Å². The number of likely N-dealkylation sites (tertiary alicyclic amines) is 2. The van der Waals surface area contributed by atoms with Crippen LogP contribution in [0.2, 0.25) is 10.0 Å². The number of amides is 6. The van der Waals surface area contributed by atoms with E-state index < -0.39 is 46.6 Å². The van der Waals surface area contributed by atoms with E-state index in [1.165, 1.54) is 6.07 Å². The number of allylic oxidation sites excluding steroid dienone is 1. The Hall–Kier alpha value is -5.89. The molecule has 5 heterocycles. The number of carbonyl (C=O) groups is 6. The fraction of sp³-hybridized carbons (Fsp3) is 0.385. The maximum atomic E-state index is 16.5. The van der Waals surface area contributed by atoms with Crippen molar-refractivity contribution in [1.29, 1.82) is 0 Å². The molecular formula is C52H51Cl2FN6O6. The first-order valence-corrected chi connectivity index (χ1v) is 24.1. The lowest BCUT2D eigenvalue weighted by molar-refractivity contribution is -0.137. The summed E-state index contributed by atoms with van der Waals surface area (Å²) in [5.41, 5.74) is 2.54. The summed E-state index contributed by atoms with van der Waals surface area (Å²) in [6.07, 6.45) is 10.1. The maximum absolute atomic E-state index is 16.5. The highest BCUT2D eigenvalue weighted by atomic mass is 35.5. The van der Waals surface area contributed by atoms with E-state index in [0.29, 0.717) is 78.5 Å². The lowest BCUT2D eigenvalue weighted by Crippen LogP contribution is -2.61. The Kier molecular flexibility index (Phi) is 11.8. The standard InChI is InChI=1S/C52H51Cl2FN6O6/c1-2-61-45(43(36-10-7-11-39(54)44(36)55)52(51(61)24-4-3-5-25-51)38-19-16-33(53)28-40(38)57-50(52)67)47(64)56-34-17-14-32(15-18-34)48(65)59-26-22-30(23-27-59)12-13-31-8-6-9-35-37(31)29-60(49(35)66)41-20-21-42(62)58-46(41)63/h6-19,28,30,41,43,45H,2-5,20-27,29H2,1H3,(H,56,64)(H,57,67)(H,58,62,63)/b13-12-/t41?,43-,45+,52+/m0/s1. The van der Waals surface area contributed by atoms with E-state index >= 15 is 9.18 Å². The molecule has 12 nitrogen and oxygen atoms in total. The molecule has 346 valence electrons. The molecule has 3 N–H and O–H groups in total. The van der Waals surface area contributed by atoms with E-state index in [9.17, 15) is 24.0 Å². The third kappa shape index (κ3) is 7.36. The first-order valence-electron chi connectivity index (χ1n) is 23.3. The number of benzene rings is 4. The van der Waals surface area contributed by atoms with Gasteiger partial charge in [0.1, 0.15) is 17.3 Å². The van der Waals surface area contributed by atoms with Crippen molar-refractivity contribution in [1.82, 2.24) is 20.0 Å². The predicted molar refractivity (Wildman–Crippen MR) is 253 cm³/mol. The number of anilines is 2. The third-order valence-electron chi connectivity index (χ3n) is 15.4. The van der Waals surface area contributed by atoms with E-state index in [4.69, 9.17) is 23.2 Å². The van der Waals surface area contributed by atoms with Crippen molar-refractivity contribution < 1.29 is 33.2 Å². The van der Waals surface area contributed by atoms with E-state index in [1.807, 2.05) is 36.1 Å². The topological polar surface area (TPSA) is 148 Å². The van der Waals surface area contributed by atoms with Crippen molar-refractivity contribution in [2.24, 2.45) is 5.92 Å². The van der Waals surface area contributed by atoms with Gasteiger partial charge in [-0.3, -0.25) is 39.0 Å². The minimum absolute atomic E-state index is 0.0921. The number of rotatable bonds is 8. The number of carbonyl (C=O) groups excluding carboxylic acids is 6. The normalized spacial score (nSPS) is 24.9. The maximum Gasteiger partial charge on any atom is 0.255 e. The van der Waals surface area contributed by atoms with Crippen LogP contribution in [0.5, 0.6) is 0 Å². The van der Waals surface area contributed by atoms with Crippen molar-refractivity contribution in [3.63, 3.8) is 0 Å². The number of halogens is 3. The largest absolute Gasteiger partial charge is 0.339 e. The van der Waals surface area contributed by atoms with Crippen LogP contribution in [-0.2, 0) is 31.1 Å². The van der Waals surface area contributed by atoms with Crippen molar-refractivity contribution in [2.45, 2.75) is 100 Å².